The lowest BCUT2D eigenvalue weighted by atomic mass is 10.1. The number of benzene rings is 1. The van der Waals surface area contributed by atoms with Gasteiger partial charge in [-0.25, -0.2) is 0 Å². The van der Waals surface area contributed by atoms with E-state index in [0.717, 1.165) is 6.42 Å². The smallest absolute Gasteiger partial charge is 0.00988 e. The molecule has 0 amide bonds. The molecular weight excluding hydrogens is 331 g/mol. The van der Waals surface area contributed by atoms with Crippen molar-refractivity contribution in [2.75, 3.05) is 0 Å². The number of hydrogen-bond donors (Lipinski definition) is 0. The van der Waals surface area contributed by atoms with Crippen LogP contribution in [0.1, 0.15) is 24.5 Å². The first-order valence-electron chi connectivity index (χ1n) is 6.29. The molecule has 0 saturated heterocycles. The van der Waals surface area contributed by atoms with Crippen LogP contribution >= 0.6 is 22.6 Å². The molecule has 90 valence electrons. The molecule has 2 aliphatic rings. The van der Waals surface area contributed by atoms with Crippen LogP contribution in [-0.2, 0) is 0 Å². The lowest BCUT2D eigenvalue weighted by molar-refractivity contribution is 0.939. The highest BCUT2D eigenvalue weighted by molar-refractivity contribution is 14.1. The van der Waals surface area contributed by atoms with Gasteiger partial charge in [0, 0.05) is 3.58 Å². The molecule has 1 atom stereocenters. The van der Waals surface area contributed by atoms with Crippen LogP contribution in [-0.4, -0.2) is 0 Å². The van der Waals surface area contributed by atoms with Gasteiger partial charge in [0.25, 0.3) is 0 Å². The average molecular weight is 346 g/mol. The maximum absolute atomic E-state index is 2.43. The summed E-state index contributed by atoms with van der Waals surface area (Å²) in [6.07, 6.45) is 12.4. The normalized spacial score (nSPS) is 32.3. The standard InChI is InChI=1S/C17H15I/c1-12-5-4-6-13-10-14(11-15(18)9-12)17-8-3-2-7-16(13)17/h2-9,11-12H,10H2,1H3/b5-4-,13-6+,14-11+,15-9+. The van der Waals surface area contributed by atoms with Gasteiger partial charge in [-0.1, -0.05) is 55.5 Å². The van der Waals surface area contributed by atoms with Crippen molar-refractivity contribution < 1.29 is 0 Å². The third-order valence-corrected chi connectivity index (χ3v) is 4.12. The van der Waals surface area contributed by atoms with Crippen LogP contribution in [0.25, 0.3) is 11.1 Å². The summed E-state index contributed by atoms with van der Waals surface area (Å²) in [4.78, 5) is 0. The van der Waals surface area contributed by atoms with Crippen molar-refractivity contribution in [3.05, 3.63) is 69.4 Å². The lowest BCUT2D eigenvalue weighted by Crippen LogP contribution is -1.84. The monoisotopic (exact) mass is 346 g/mol. The van der Waals surface area contributed by atoms with E-state index in [1.54, 1.807) is 0 Å². The predicted molar refractivity (Wildman–Crippen MR) is 87.4 cm³/mol. The quantitative estimate of drug-likeness (QED) is 0.553. The average Bonchev–Trinajstić information content (AvgIpc) is 2.67. The molecule has 0 aromatic heterocycles. The summed E-state index contributed by atoms with van der Waals surface area (Å²) in [5.74, 6) is 0.492. The van der Waals surface area contributed by atoms with Gasteiger partial charge in [0.05, 0.1) is 0 Å². The van der Waals surface area contributed by atoms with Gasteiger partial charge in [0.1, 0.15) is 0 Å². The summed E-state index contributed by atoms with van der Waals surface area (Å²) in [6, 6.07) is 8.72. The first kappa shape index (κ1) is 12.0. The molecule has 0 saturated carbocycles. The molecule has 0 fully saturated rings. The van der Waals surface area contributed by atoms with Crippen molar-refractivity contribution in [3.8, 4) is 0 Å². The molecule has 0 aliphatic heterocycles. The van der Waals surface area contributed by atoms with Gasteiger partial charge >= 0.3 is 0 Å². The first-order chi connectivity index (χ1) is 8.74. The van der Waals surface area contributed by atoms with E-state index < -0.39 is 0 Å². The van der Waals surface area contributed by atoms with E-state index in [2.05, 4.69) is 84.2 Å². The fourth-order valence-corrected chi connectivity index (χ4v) is 3.53. The number of allylic oxidation sites excluding steroid dienone is 8. The summed E-state index contributed by atoms with van der Waals surface area (Å²) < 4.78 is 1.33. The molecule has 0 heterocycles. The maximum atomic E-state index is 2.43. The number of fused-ring (bicyclic) bond motifs is 5. The maximum Gasteiger partial charge on any atom is 0.00988 e. The molecule has 0 spiro atoms. The van der Waals surface area contributed by atoms with Gasteiger partial charge in [-0.3, -0.25) is 0 Å². The van der Waals surface area contributed by atoms with E-state index in [9.17, 15) is 0 Å². The Morgan fingerprint density at radius 3 is 2.61 bits per heavy atom. The van der Waals surface area contributed by atoms with Gasteiger partial charge in [-0.15, -0.1) is 0 Å². The minimum Gasteiger partial charge on any atom is -0.0778 e. The van der Waals surface area contributed by atoms with Gasteiger partial charge in [-0.2, -0.15) is 0 Å². The van der Waals surface area contributed by atoms with E-state index in [0.29, 0.717) is 5.92 Å². The molecule has 0 nitrogen and oxygen atoms in total. The van der Waals surface area contributed by atoms with E-state index in [1.807, 2.05) is 0 Å². The second-order valence-electron chi connectivity index (χ2n) is 4.88. The van der Waals surface area contributed by atoms with Crippen LogP contribution in [0.4, 0.5) is 0 Å². The minimum atomic E-state index is 0.492. The highest BCUT2D eigenvalue weighted by Crippen LogP contribution is 2.41. The Labute approximate surface area is 122 Å². The molecule has 0 radical (unpaired) electrons. The zero-order chi connectivity index (χ0) is 12.5. The molecule has 2 bridgehead atoms. The van der Waals surface area contributed by atoms with E-state index >= 15 is 0 Å². The van der Waals surface area contributed by atoms with Crippen LogP contribution in [0.5, 0.6) is 0 Å². The zero-order valence-corrected chi connectivity index (χ0v) is 12.5. The lowest BCUT2D eigenvalue weighted by Gasteiger charge is -2.02. The predicted octanol–water partition coefficient (Wildman–Crippen LogP) is 5.38. The summed E-state index contributed by atoms with van der Waals surface area (Å²) >= 11 is 2.43. The van der Waals surface area contributed by atoms with Crippen LogP contribution in [0.15, 0.2) is 58.2 Å². The Balaban J connectivity index is 2.20. The Bertz CT molecular complexity index is 600. The summed E-state index contributed by atoms with van der Waals surface area (Å²) in [6.45, 7) is 2.23. The Kier molecular flexibility index (Phi) is 3.25. The third-order valence-electron chi connectivity index (χ3n) is 3.45. The minimum absolute atomic E-state index is 0.492. The fourth-order valence-electron chi connectivity index (χ4n) is 2.58. The zero-order valence-electron chi connectivity index (χ0n) is 10.4. The molecule has 0 N–H and O–H groups in total. The number of hydrogen-bond acceptors (Lipinski definition) is 0. The van der Waals surface area contributed by atoms with E-state index in [4.69, 9.17) is 0 Å². The molecule has 1 aromatic rings. The van der Waals surface area contributed by atoms with Crippen molar-refractivity contribution in [1.82, 2.24) is 0 Å². The van der Waals surface area contributed by atoms with Crippen molar-refractivity contribution in [2.24, 2.45) is 5.92 Å². The van der Waals surface area contributed by atoms with Gasteiger partial charge < -0.3 is 0 Å². The van der Waals surface area contributed by atoms with Crippen LogP contribution in [0.3, 0.4) is 0 Å². The van der Waals surface area contributed by atoms with Crippen LogP contribution in [0.2, 0.25) is 0 Å². The molecule has 1 aromatic carbocycles. The van der Waals surface area contributed by atoms with Crippen LogP contribution < -0.4 is 0 Å². The Morgan fingerprint density at radius 1 is 1.11 bits per heavy atom. The van der Waals surface area contributed by atoms with Gasteiger partial charge in [0.2, 0.25) is 0 Å². The van der Waals surface area contributed by atoms with E-state index in [-0.39, 0.29) is 0 Å². The summed E-state index contributed by atoms with van der Waals surface area (Å²) in [5, 5.41) is 0. The van der Waals surface area contributed by atoms with Crippen LogP contribution in [0, 0.1) is 5.92 Å². The summed E-state index contributed by atoms with van der Waals surface area (Å²) in [5.41, 5.74) is 5.67. The van der Waals surface area contributed by atoms with Crippen molar-refractivity contribution in [1.29, 1.82) is 0 Å². The fraction of sp³-hybridized carbons (Fsp3) is 0.176. The topological polar surface area (TPSA) is 0 Å². The summed E-state index contributed by atoms with van der Waals surface area (Å²) in [7, 11) is 0. The first-order valence-corrected chi connectivity index (χ1v) is 7.37. The van der Waals surface area contributed by atoms with Crippen molar-refractivity contribution in [2.45, 2.75) is 13.3 Å². The largest absolute Gasteiger partial charge is 0.0778 e. The SMILES string of the molecule is CC1/C=C\C=C2/C/C(=C\C(I)=C/1)c1ccccc12. The molecule has 2 aliphatic carbocycles. The van der Waals surface area contributed by atoms with Gasteiger partial charge in [-0.05, 0) is 63.3 Å². The number of halogens is 1. The highest BCUT2D eigenvalue weighted by atomic mass is 127. The highest BCUT2D eigenvalue weighted by Gasteiger charge is 2.20. The molecule has 1 heteroatoms. The second kappa shape index (κ2) is 4.88. The molecule has 18 heavy (non-hydrogen) atoms. The Morgan fingerprint density at radius 2 is 1.83 bits per heavy atom. The van der Waals surface area contributed by atoms with E-state index in [1.165, 1.54) is 25.9 Å². The van der Waals surface area contributed by atoms with Crippen molar-refractivity contribution in [3.63, 3.8) is 0 Å². The molecule has 1 unspecified atom stereocenters. The van der Waals surface area contributed by atoms with Gasteiger partial charge in [0.15, 0.2) is 0 Å². The van der Waals surface area contributed by atoms with Crippen molar-refractivity contribution >= 4 is 33.7 Å². The molecule has 3 rings (SSSR count). The second-order valence-corrected chi connectivity index (χ2v) is 6.13. The number of rotatable bonds is 0. The molecular formula is C17H15I. The Hall–Kier alpha value is -1.09. The third kappa shape index (κ3) is 2.24.